The van der Waals surface area contributed by atoms with E-state index in [1.807, 2.05) is 13.0 Å². The van der Waals surface area contributed by atoms with Crippen LogP contribution in [0.4, 0.5) is 0 Å². The van der Waals surface area contributed by atoms with E-state index < -0.39 is 5.56 Å². The number of aromatic nitrogens is 4. The molecule has 0 amide bonds. The van der Waals surface area contributed by atoms with Crippen molar-refractivity contribution in [2.45, 2.75) is 46.0 Å². The lowest BCUT2D eigenvalue weighted by molar-refractivity contribution is 0.379. The van der Waals surface area contributed by atoms with Crippen molar-refractivity contribution in [1.29, 1.82) is 0 Å². The van der Waals surface area contributed by atoms with Gasteiger partial charge in [0, 0.05) is 6.42 Å². The minimum Gasteiger partial charge on any atom is -0.494 e. The summed E-state index contributed by atoms with van der Waals surface area (Å²) in [4.78, 5) is 17.3. The molecule has 0 saturated heterocycles. The highest BCUT2D eigenvalue weighted by atomic mass is 16.5. The molecule has 0 saturated carbocycles. The molecular weight excluding hydrogens is 448 g/mol. The molecule has 0 aliphatic heterocycles. The van der Waals surface area contributed by atoms with Gasteiger partial charge in [-0.15, -0.1) is 10.2 Å². The molecule has 3 aromatic rings. The quantitative estimate of drug-likeness (QED) is 0.481. The molecule has 9 nitrogen and oxygen atoms in total. The smallest absolute Gasteiger partial charge is 0.289 e. The summed E-state index contributed by atoms with van der Waals surface area (Å²) in [6.07, 6.45) is 9.82. The van der Waals surface area contributed by atoms with E-state index in [0.717, 1.165) is 24.8 Å². The first-order valence-corrected chi connectivity index (χ1v) is 11.7. The van der Waals surface area contributed by atoms with E-state index in [2.05, 4.69) is 34.3 Å². The molecule has 1 aromatic carbocycles. The van der Waals surface area contributed by atoms with Crippen LogP contribution in [0.25, 0.3) is 17.1 Å². The number of unbranched alkanes of at least 4 members (excludes halogenated alkanes) is 1. The van der Waals surface area contributed by atoms with E-state index in [9.17, 15) is 9.90 Å². The molecule has 184 valence electrons. The number of para-hydroxylation sites is 1. The Morgan fingerprint density at radius 3 is 2.57 bits per heavy atom. The molecule has 0 spiro atoms. The Hall–Kier alpha value is -3.88. The average Bonchev–Trinajstić information content (AvgIpc) is 3.31. The number of ether oxygens (including phenoxy) is 2. The van der Waals surface area contributed by atoms with Crippen LogP contribution in [0.15, 0.2) is 51.2 Å². The van der Waals surface area contributed by atoms with Crippen LogP contribution in [0, 0.1) is 5.92 Å². The van der Waals surface area contributed by atoms with Gasteiger partial charge in [0.15, 0.2) is 5.56 Å². The summed E-state index contributed by atoms with van der Waals surface area (Å²) in [5, 5.41) is 19.6. The third kappa shape index (κ3) is 4.99. The highest BCUT2D eigenvalue weighted by molar-refractivity contribution is 5.65. The number of allylic oxidation sites excluding steroid dienone is 4. The van der Waals surface area contributed by atoms with Crippen molar-refractivity contribution in [2.75, 3.05) is 14.2 Å². The maximum absolute atomic E-state index is 13.1. The molecular formula is C26H30N4O5. The first-order chi connectivity index (χ1) is 17.0. The van der Waals surface area contributed by atoms with Crippen LogP contribution in [0.3, 0.4) is 0 Å². The molecule has 0 bridgehead atoms. The van der Waals surface area contributed by atoms with E-state index in [1.54, 1.807) is 18.2 Å². The first-order valence-electron chi connectivity index (χ1n) is 11.7. The largest absolute Gasteiger partial charge is 0.494 e. The van der Waals surface area contributed by atoms with Gasteiger partial charge in [-0.05, 0) is 36.5 Å². The Bertz CT molecular complexity index is 1300. The predicted octanol–water partition coefficient (Wildman–Crippen LogP) is 4.41. The Morgan fingerprint density at radius 1 is 1.20 bits per heavy atom. The molecule has 35 heavy (non-hydrogen) atoms. The van der Waals surface area contributed by atoms with Crippen LogP contribution >= 0.6 is 0 Å². The zero-order valence-electron chi connectivity index (χ0n) is 20.4. The Balaban J connectivity index is 1.83. The zero-order valence-corrected chi connectivity index (χ0v) is 20.4. The summed E-state index contributed by atoms with van der Waals surface area (Å²) in [6.45, 7) is 4.19. The van der Waals surface area contributed by atoms with E-state index in [0.29, 0.717) is 47.7 Å². The highest BCUT2D eigenvalue weighted by Crippen LogP contribution is 2.38. The fourth-order valence-electron chi connectivity index (χ4n) is 4.03. The van der Waals surface area contributed by atoms with Crippen molar-refractivity contribution >= 4 is 0 Å². The molecule has 1 N–H and O–H groups in total. The molecule has 0 radical (unpaired) electrons. The molecule has 1 atom stereocenters. The van der Waals surface area contributed by atoms with Gasteiger partial charge in [-0.2, -0.15) is 4.98 Å². The van der Waals surface area contributed by atoms with Crippen molar-refractivity contribution in [3.05, 3.63) is 64.1 Å². The fourth-order valence-corrected chi connectivity index (χ4v) is 4.03. The van der Waals surface area contributed by atoms with Crippen molar-refractivity contribution in [2.24, 2.45) is 5.92 Å². The van der Waals surface area contributed by atoms with Crippen molar-refractivity contribution in [3.63, 3.8) is 0 Å². The molecule has 4 rings (SSSR count). The van der Waals surface area contributed by atoms with Gasteiger partial charge in [0.05, 0.1) is 20.6 Å². The third-order valence-corrected chi connectivity index (χ3v) is 5.94. The second-order valence-corrected chi connectivity index (χ2v) is 8.51. The maximum Gasteiger partial charge on any atom is 0.289 e. The van der Waals surface area contributed by atoms with Crippen molar-refractivity contribution in [3.8, 4) is 34.5 Å². The summed E-state index contributed by atoms with van der Waals surface area (Å²) in [6, 6.07) is 5.27. The minimum atomic E-state index is -0.639. The SMILES string of the molecule is CCCCc1nc(=O)c(-c2nnc(CC3=CCC(C)C=C3)o2)c(O)n1-c1c(OC)cccc1OC. The Labute approximate surface area is 203 Å². The van der Waals surface area contributed by atoms with Crippen LogP contribution in [0.5, 0.6) is 17.4 Å². The molecule has 1 aliphatic carbocycles. The summed E-state index contributed by atoms with van der Waals surface area (Å²) >= 11 is 0. The standard InChI is InChI=1S/C26H30N4O5/c1-5-6-10-20-27-24(31)22(25-29-28-21(35-25)15-17-13-11-16(2)12-14-17)26(32)30(20)23-18(33-3)8-7-9-19(23)34-4/h7-9,11,13-14,16,32H,5-6,10,12,15H2,1-4H3. The molecule has 0 fully saturated rings. The van der Waals surface area contributed by atoms with Gasteiger partial charge in [0.1, 0.15) is 23.0 Å². The van der Waals surface area contributed by atoms with Gasteiger partial charge >= 0.3 is 0 Å². The summed E-state index contributed by atoms with van der Waals surface area (Å²) in [7, 11) is 3.05. The third-order valence-electron chi connectivity index (χ3n) is 5.94. The van der Waals surface area contributed by atoms with Gasteiger partial charge in [-0.1, -0.05) is 44.6 Å². The topological polar surface area (TPSA) is 112 Å². The van der Waals surface area contributed by atoms with E-state index in [1.165, 1.54) is 18.8 Å². The predicted molar refractivity (Wildman–Crippen MR) is 131 cm³/mol. The normalized spacial score (nSPS) is 15.2. The van der Waals surface area contributed by atoms with Crippen LogP contribution in [-0.2, 0) is 12.8 Å². The summed E-state index contributed by atoms with van der Waals surface area (Å²) in [5.74, 6) is 1.67. The van der Waals surface area contributed by atoms with Crippen molar-refractivity contribution < 1.29 is 19.0 Å². The number of methoxy groups -OCH3 is 2. The van der Waals surface area contributed by atoms with Gasteiger partial charge in [0.25, 0.3) is 11.4 Å². The van der Waals surface area contributed by atoms with E-state index >= 15 is 0 Å². The number of nitrogens with zero attached hydrogens (tertiary/aromatic N) is 4. The van der Waals surface area contributed by atoms with Gasteiger partial charge in [-0.3, -0.25) is 9.36 Å². The van der Waals surface area contributed by atoms with Gasteiger partial charge in [-0.25, -0.2) is 0 Å². The van der Waals surface area contributed by atoms with Gasteiger partial charge < -0.3 is 19.0 Å². The molecule has 1 aliphatic rings. The molecule has 2 aromatic heterocycles. The number of hydrogen-bond donors (Lipinski definition) is 1. The zero-order chi connectivity index (χ0) is 24.9. The van der Waals surface area contributed by atoms with Crippen molar-refractivity contribution in [1.82, 2.24) is 19.7 Å². The lowest BCUT2D eigenvalue weighted by Crippen LogP contribution is -2.20. The maximum atomic E-state index is 13.1. The number of aryl methyl sites for hydroxylation is 1. The summed E-state index contributed by atoms with van der Waals surface area (Å²) in [5.41, 5.74) is 0.686. The fraction of sp³-hybridized carbons (Fsp3) is 0.385. The molecule has 2 heterocycles. The van der Waals surface area contributed by atoms with Gasteiger partial charge in [0.2, 0.25) is 11.8 Å². The minimum absolute atomic E-state index is 0.0894. The lowest BCUT2D eigenvalue weighted by atomic mass is 9.97. The number of aromatic hydroxyl groups is 1. The Kier molecular flexibility index (Phi) is 7.33. The van der Waals surface area contributed by atoms with Crippen LogP contribution < -0.4 is 15.0 Å². The average molecular weight is 479 g/mol. The highest BCUT2D eigenvalue weighted by Gasteiger charge is 2.27. The lowest BCUT2D eigenvalue weighted by Gasteiger charge is -2.20. The first kappa shape index (κ1) is 24.3. The van der Waals surface area contributed by atoms with E-state index in [4.69, 9.17) is 13.9 Å². The molecule has 9 heteroatoms. The monoisotopic (exact) mass is 478 g/mol. The van der Waals surface area contributed by atoms with Crippen LogP contribution in [-0.4, -0.2) is 39.1 Å². The van der Waals surface area contributed by atoms with Crippen LogP contribution in [0.2, 0.25) is 0 Å². The second kappa shape index (κ2) is 10.6. The number of benzene rings is 1. The van der Waals surface area contributed by atoms with Crippen LogP contribution in [0.1, 0.15) is 44.8 Å². The molecule has 1 unspecified atom stereocenters. The Morgan fingerprint density at radius 2 is 1.94 bits per heavy atom. The second-order valence-electron chi connectivity index (χ2n) is 8.51. The van der Waals surface area contributed by atoms with E-state index in [-0.39, 0.29) is 17.3 Å². The summed E-state index contributed by atoms with van der Waals surface area (Å²) < 4.78 is 18.4. The number of hydrogen-bond acceptors (Lipinski definition) is 8. The number of rotatable bonds is 9.